The number of nitro benzene ring substituents is 1. The lowest BCUT2D eigenvalue weighted by molar-refractivity contribution is -0.384. The third-order valence-electron chi connectivity index (χ3n) is 4.17. The number of nitro groups is 1. The number of furan rings is 1. The molecule has 0 spiro atoms. The van der Waals surface area contributed by atoms with Gasteiger partial charge in [0, 0.05) is 34.3 Å². The van der Waals surface area contributed by atoms with E-state index in [9.17, 15) is 14.9 Å². The van der Waals surface area contributed by atoms with Gasteiger partial charge in [-0.25, -0.2) is 0 Å². The average Bonchev–Trinajstić information content (AvgIpc) is 3.05. The van der Waals surface area contributed by atoms with Crippen LogP contribution in [0.4, 0.5) is 17.1 Å². The van der Waals surface area contributed by atoms with Crippen molar-refractivity contribution in [2.45, 2.75) is 0 Å². The lowest BCUT2D eigenvalue weighted by Crippen LogP contribution is -2.21. The molecule has 4 rings (SSSR count). The SMILES string of the molecule is O=C(CNc1cccc([N+](=O)[O-])c1)Nc1ccc2oc3ccccc3c2c1. The Morgan fingerprint density at radius 3 is 2.59 bits per heavy atom. The molecule has 0 aliphatic carbocycles. The van der Waals surface area contributed by atoms with Crippen molar-refractivity contribution >= 4 is 44.9 Å². The maximum atomic E-state index is 12.2. The van der Waals surface area contributed by atoms with Crippen LogP contribution in [0.3, 0.4) is 0 Å². The molecule has 3 aromatic carbocycles. The number of non-ortho nitro benzene ring substituents is 1. The Morgan fingerprint density at radius 1 is 0.926 bits per heavy atom. The maximum absolute atomic E-state index is 12.2. The topological polar surface area (TPSA) is 97.4 Å². The number of hydrogen-bond donors (Lipinski definition) is 2. The second-order valence-electron chi connectivity index (χ2n) is 6.02. The molecule has 0 unspecified atom stereocenters. The van der Waals surface area contributed by atoms with Crippen LogP contribution in [-0.4, -0.2) is 17.4 Å². The highest BCUT2D eigenvalue weighted by Crippen LogP contribution is 2.30. The second-order valence-corrected chi connectivity index (χ2v) is 6.02. The molecule has 7 nitrogen and oxygen atoms in total. The van der Waals surface area contributed by atoms with Crippen LogP contribution in [0.15, 0.2) is 71.1 Å². The number of para-hydroxylation sites is 1. The van der Waals surface area contributed by atoms with Crippen LogP contribution in [0.5, 0.6) is 0 Å². The van der Waals surface area contributed by atoms with Crippen LogP contribution in [0.2, 0.25) is 0 Å². The van der Waals surface area contributed by atoms with E-state index in [2.05, 4.69) is 10.6 Å². The van der Waals surface area contributed by atoms with E-state index >= 15 is 0 Å². The highest BCUT2D eigenvalue weighted by molar-refractivity contribution is 6.07. The van der Waals surface area contributed by atoms with E-state index in [4.69, 9.17) is 4.42 Å². The standard InChI is InChI=1S/C20H15N3O4/c24-20(12-21-13-4-3-5-15(10-13)23(25)26)22-14-8-9-19-17(11-14)16-6-1-2-7-18(16)27-19/h1-11,21H,12H2,(H,22,24). The number of nitrogens with zero attached hydrogens (tertiary/aromatic N) is 1. The van der Waals surface area contributed by atoms with Gasteiger partial charge in [-0.3, -0.25) is 14.9 Å². The van der Waals surface area contributed by atoms with Gasteiger partial charge < -0.3 is 15.1 Å². The van der Waals surface area contributed by atoms with Crippen molar-refractivity contribution in [3.8, 4) is 0 Å². The van der Waals surface area contributed by atoms with Crippen LogP contribution in [0.1, 0.15) is 0 Å². The number of carbonyl (C=O) groups is 1. The van der Waals surface area contributed by atoms with Crippen LogP contribution in [0, 0.1) is 10.1 Å². The number of nitrogens with one attached hydrogen (secondary N) is 2. The van der Waals surface area contributed by atoms with E-state index < -0.39 is 4.92 Å². The summed E-state index contributed by atoms with van der Waals surface area (Å²) in [5, 5.41) is 18.4. The molecular formula is C20H15N3O4. The van der Waals surface area contributed by atoms with Gasteiger partial charge in [0.15, 0.2) is 0 Å². The maximum Gasteiger partial charge on any atom is 0.271 e. The molecular weight excluding hydrogens is 346 g/mol. The summed E-state index contributed by atoms with van der Waals surface area (Å²) >= 11 is 0. The van der Waals surface area contributed by atoms with E-state index in [0.717, 1.165) is 21.9 Å². The smallest absolute Gasteiger partial charge is 0.271 e. The zero-order valence-corrected chi connectivity index (χ0v) is 14.1. The summed E-state index contributed by atoms with van der Waals surface area (Å²) in [5.41, 5.74) is 2.68. The van der Waals surface area contributed by atoms with Gasteiger partial charge in [0.05, 0.1) is 11.5 Å². The molecule has 4 aromatic rings. The van der Waals surface area contributed by atoms with Gasteiger partial charge in [-0.2, -0.15) is 0 Å². The number of fused-ring (bicyclic) bond motifs is 3. The quantitative estimate of drug-likeness (QED) is 0.402. The lowest BCUT2D eigenvalue weighted by Gasteiger charge is -2.08. The van der Waals surface area contributed by atoms with Gasteiger partial charge in [-0.1, -0.05) is 24.3 Å². The van der Waals surface area contributed by atoms with Gasteiger partial charge >= 0.3 is 0 Å². The zero-order chi connectivity index (χ0) is 18.8. The van der Waals surface area contributed by atoms with Crippen LogP contribution < -0.4 is 10.6 Å². The highest BCUT2D eigenvalue weighted by atomic mass is 16.6. The van der Waals surface area contributed by atoms with Crippen molar-refractivity contribution in [2.24, 2.45) is 0 Å². The van der Waals surface area contributed by atoms with Gasteiger partial charge in [-0.05, 0) is 30.3 Å². The van der Waals surface area contributed by atoms with Crippen LogP contribution >= 0.6 is 0 Å². The van der Waals surface area contributed by atoms with E-state index in [1.54, 1.807) is 18.2 Å². The molecule has 0 radical (unpaired) electrons. The number of carbonyl (C=O) groups excluding carboxylic acids is 1. The van der Waals surface area contributed by atoms with Crippen molar-refractivity contribution in [1.29, 1.82) is 0 Å². The molecule has 1 amide bonds. The summed E-state index contributed by atoms with van der Waals surface area (Å²) in [6.07, 6.45) is 0. The fourth-order valence-electron chi connectivity index (χ4n) is 2.92. The van der Waals surface area contributed by atoms with Crippen molar-refractivity contribution < 1.29 is 14.1 Å². The van der Waals surface area contributed by atoms with Crippen molar-refractivity contribution in [3.63, 3.8) is 0 Å². The highest BCUT2D eigenvalue weighted by Gasteiger charge is 2.10. The van der Waals surface area contributed by atoms with E-state index in [0.29, 0.717) is 11.4 Å². The van der Waals surface area contributed by atoms with Gasteiger partial charge in [0.25, 0.3) is 5.69 Å². The number of anilines is 2. The predicted molar refractivity (Wildman–Crippen MR) is 104 cm³/mol. The Bertz CT molecular complexity index is 1170. The fourth-order valence-corrected chi connectivity index (χ4v) is 2.92. The summed E-state index contributed by atoms with van der Waals surface area (Å²) < 4.78 is 5.77. The minimum absolute atomic E-state index is 0.00859. The molecule has 2 N–H and O–H groups in total. The minimum atomic E-state index is -0.476. The summed E-state index contributed by atoms with van der Waals surface area (Å²) in [4.78, 5) is 22.5. The van der Waals surface area contributed by atoms with E-state index in [1.807, 2.05) is 36.4 Å². The van der Waals surface area contributed by atoms with Gasteiger partial charge in [-0.15, -0.1) is 0 Å². The van der Waals surface area contributed by atoms with Crippen LogP contribution in [-0.2, 0) is 4.79 Å². The number of amides is 1. The number of benzene rings is 3. The molecule has 0 saturated carbocycles. The fraction of sp³-hybridized carbons (Fsp3) is 0.0500. The number of rotatable bonds is 5. The predicted octanol–water partition coefficient (Wildman–Crippen LogP) is 4.54. The second kappa shape index (κ2) is 6.80. The first-order valence-electron chi connectivity index (χ1n) is 8.29. The van der Waals surface area contributed by atoms with Gasteiger partial charge in [0.1, 0.15) is 11.2 Å². The number of hydrogen-bond acceptors (Lipinski definition) is 5. The molecule has 27 heavy (non-hydrogen) atoms. The molecule has 0 fully saturated rings. The molecule has 0 aliphatic heterocycles. The summed E-state index contributed by atoms with van der Waals surface area (Å²) in [6.45, 7) is -0.00859. The van der Waals surface area contributed by atoms with Crippen molar-refractivity contribution in [2.75, 3.05) is 17.2 Å². The Hall–Kier alpha value is -3.87. The van der Waals surface area contributed by atoms with Gasteiger partial charge in [0.2, 0.25) is 5.91 Å². The molecule has 0 atom stereocenters. The van der Waals surface area contributed by atoms with Crippen molar-refractivity contribution in [1.82, 2.24) is 0 Å². The average molecular weight is 361 g/mol. The normalized spacial score (nSPS) is 10.8. The first kappa shape index (κ1) is 16.6. The lowest BCUT2D eigenvalue weighted by atomic mass is 10.1. The molecule has 0 saturated heterocycles. The Morgan fingerprint density at radius 2 is 1.74 bits per heavy atom. The van der Waals surface area contributed by atoms with Crippen molar-refractivity contribution in [3.05, 3.63) is 76.8 Å². The molecule has 0 aliphatic rings. The molecule has 7 heteroatoms. The molecule has 0 bridgehead atoms. The Kier molecular flexibility index (Phi) is 4.18. The van der Waals surface area contributed by atoms with E-state index in [1.165, 1.54) is 12.1 Å². The Labute approximate surface area is 153 Å². The first-order chi connectivity index (χ1) is 13.1. The molecule has 134 valence electrons. The first-order valence-corrected chi connectivity index (χ1v) is 8.29. The molecule has 1 heterocycles. The third-order valence-corrected chi connectivity index (χ3v) is 4.17. The summed E-state index contributed by atoms with van der Waals surface area (Å²) in [5.74, 6) is -0.256. The Balaban J connectivity index is 1.47. The van der Waals surface area contributed by atoms with E-state index in [-0.39, 0.29) is 18.1 Å². The summed E-state index contributed by atoms with van der Waals surface area (Å²) in [7, 11) is 0. The zero-order valence-electron chi connectivity index (χ0n) is 14.1. The minimum Gasteiger partial charge on any atom is -0.456 e. The monoisotopic (exact) mass is 361 g/mol. The largest absolute Gasteiger partial charge is 0.456 e. The van der Waals surface area contributed by atoms with Crippen LogP contribution in [0.25, 0.3) is 21.9 Å². The third kappa shape index (κ3) is 3.43. The molecule has 1 aromatic heterocycles. The summed E-state index contributed by atoms with van der Waals surface area (Å²) in [6, 6.07) is 19.2.